The molecule has 2 heterocycles. The zero-order valence-corrected chi connectivity index (χ0v) is 10.5. The average molecular weight is 243 g/mol. The number of aryl methyl sites for hydroxylation is 1. The topological polar surface area (TPSA) is 54.8 Å². The van der Waals surface area contributed by atoms with Gasteiger partial charge in [0.1, 0.15) is 12.2 Å². The summed E-state index contributed by atoms with van der Waals surface area (Å²) in [5, 5.41) is 14.8. The first-order chi connectivity index (χ1) is 8.84. The van der Waals surface area contributed by atoms with Gasteiger partial charge in [0.25, 0.3) is 0 Å². The van der Waals surface area contributed by atoms with Gasteiger partial charge in [-0.05, 0) is 17.5 Å². The Morgan fingerprint density at radius 1 is 1.39 bits per heavy atom. The molecule has 0 saturated carbocycles. The number of rotatable bonds is 4. The third-order valence-corrected chi connectivity index (χ3v) is 3.34. The van der Waals surface area contributed by atoms with Crippen LogP contribution >= 0.6 is 0 Å². The normalized spacial score (nSPS) is 13.4. The molecular formula is C13H17N5. The van der Waals surface area contributed by atoms with Crippen molar-refractivity contribution >= 4 is 5.69 Å². The number of anilines is 1. The lowest BCUT2D eigenvalue weighted by Crippen LogP contribution is -2.16. The molecule has 1 aromatic heterocycles. The molecule has 94 valence electrons. The Morgan fingerprint density at radius 3 is 3.17 bits per heavy atom. The lowest BCUT2D eigenvalue weighted by atomic mass is 10.1. The second-order valence-electron chi connectivity index (χ2n) is 4.59. The zero-order chi connectivity index (χ0) is 12.4. The zero-order valence-electron chi connectivity index (χ0n) is 10.5. The first-order valence-electron chi connectivity index (χ1n) is 6.23. The highest BCUT2D eigenvalue weighted by Gasteiger charge is 2.13. The quantitative estimate of drug-likeness (QED) is 0.843. The lowest BCUT2D eigenvalue weighted by molar-refractivity contribution is 0.638. The number of para-hydroxylation sites is 1. The van der Waals surface area contributed by atoms with Crippen LogP contribution in [0, 0.1) is 0 Å². The Labute approximate surface area is 106 Å². The maximum Gasteiger partial charge on any atom is 0.146 e. The molecule has 0 aliphatic carbocycles. The van der Waals surface area contributed by atoms with Gasteiger partial charge in [-0.2, -0.15) is 0 Å². The van der Waals surface area contributed by atoms with Crippen LogP contribution in [0.4, 0.5) is 5.69 Å². The van der Waals surface area contributed by atoms with Gasteiger partial charge in [0.05, 0.1) is 6.54 Å². The summed E-state index contributed by atoms with van der Waals surface area (Å²) in [7, 11) is 1.96. The van der Waals surface area contributed by atoms with E-state index >= 15 is 0 Å². The smallest absolute Gasteiger partial charge is 0.146 e. The van der Waals surface area contributed by atoms with E-state index < -0.39 is 0 Å². The summed E-state index contributed by atoms with van der Waals surface area (Å²) >= 11 is 0. The minimum absolute atomic E-state index is 0.736. The highest BCUT2D eigenvalue weighted by atomic mass is 15.3. The van der Waals surface area contributed by atoms with Gasteiger partial charge in [0.2, 0.25) is 0 Å². The monoisotopic (exact) mass is 243 g/mol. The van der Waals surface area contributed by atoms with E-state index in [2.05, 4.69) is 39.0 Å². The highest BCUT2D eigenvalue weighted by molar-refractivity contribution is 5.61. The van der Waals surface area contributed by atoms with Gasteiger partial charge in [-0.15, -0.1) is 10.2 Å². The van der Waals surface area contributed by atoms with E-state index in [0.717, 1.165) is 31.9 Å². The summed E-state index contributed by atoms with van der Waals surface area (Å²) in [4.78, 5) is 0. The minimum atomic E-state index is 0.736. The molecule has 18 heavy (non-hydrogen) atoms. The van der Waals surface area contributed by atoms with Crippen molar-refractivity contribution in [2.24, 2.45) is 7.05 Å². The van der Waals surface area contributed by atoms with Crippen LogP contribution in [-0.2, 0) is 26.6 Å². The lowest BCUT2D eigenvalue weighted by Gasteiger charge is -2.09. The van der Waals surface area contributed by atoms with E-state index in [4.69, 9.17) is 0 Å². The van der Waals surface area contributed by atoms with Gasteiger partial charge in [-0.1, -0.05) is 18.2 Å². The van der Waals surface area contributed by atoms with Crippen molar-refractivity contribution in [1.29, 1.82) is 0 Å². The summed E-state index contributed by atoms with van der Waals surface area (Å²) in [5.41, 5.74) is 4.06. The van der Waals surface area contributed by atoms with E-state index in [0.29, 0.717) is 0 Å². The van der Waals surface area contributed by atoms with Crippen molar-refractivity contribution in [1.82, 2.24) is 20.1 Å². The van der Waals surface area contributed by atoms with Crippen LogP contribution in [-0.4, -0.2) is 21.3 Å². The number of benzene rings is 1. The van der Waals surface area contributed by atoms with E-state index in [1.807, 2.05) is 11.6 Å². The number of hydrogen-bond acceptors (Lipinski definition) is 4. The Bertz CT molecular complexity index is 546. The Morgan fingerprint density at radius 2 is 2.33 bits per heavy atom. The van der Waals surface area contributed by atoms with Crippen molar-refractivity contribution in [3.63, 3.8) is 0 Å². The van der Waals surface area contributed by atoms with Gasteiger partial charge in [0.15, 0.2) is 0 Å². The first kappa shape index (κ1) is 11.2. The van der Waals surface area contributed by atoms with Crippen LogP contribution < -0.4 is 10.6 Å². The molecule has 5 heteroatoms. The Hall–Kier alpha value is -1.88. The second kappa shape index (κ2) is 4.78. The van der Waals surface area contributed by atoms with E-state index in [-0.39, 0.29) is 0 Å². The molecule has 3 rings (SSSR count). The molecule has 1 aromatic carbocycles. The standard InChI is InChI=1S/C13H17N5/c1-18-9-16-17-12(18)8-14-7-11-4-2-3-10-5-6-15-13(10)11/h2-4,9,14-15H,5-8H2,1H3. The van der Waals surface area contributed by atoms with Gasteiger partial charge in [-0.25, -0.2) is 0 Å². The van der Waals surface area contributed by atoms with Crippen LogP contribution in [0.2, 0.25) is 0 Å². The summed E-state index contributed by atoms with van der Waals surface area (Å²) in [6, 6.07) is 6.49. The summed E-state index contributed by atoms with van der Waals surface area (Å²) in [6.07, 6.45) is 2.85. The van der Waals surface area contributed by atoms with Gasteiger partial charge in [-0.3, -0.25) is 0 Å². The summed E-state index contributed by atoms with van der Waals surface area (Å²) in [5.74, 6) is 0.954. The Balaban J connectivity index is 1.64. The van der Waals surface area contributed by atoms with Crippen molar-refractivity contribution in [3.05, 3.63) is 41.5 Å². The van der Waals surface area contributed by atoms with Crippen molar-refractivity contribution < 1.29 is 0 Å². The number of nitrogens with zero attached hydrogens (tertiary/aromatic N) is 3. The molecule has 1 aliphatic heterocycles. The van der Waals surface area contributed by atoms with Crippen LogP contribution in [0.3, 0.4) is 0 Å². The van der Waals surface area contributed by atoms with E-state index in [1.54, 1.807) is 6.33 Å². The Kier molecular flexibility index (Phi) is 2.98. The maximum atomic E-state index is 4.05. The van der Waals surface area contributed by atoms with Gasteiger partial charge in [0, 0.05) is 25.8 Å². The highest BCUT2D eigenvalue weighted by Crippen LogP contribution is 2.26. The molecule has 1 aliphatic rings. The number of aromatic nitrogens is 3. The molecule has 0 radical (unpaired) electrons. The molecular weight excluding hydrogens is 226 g/mol. The van der Waals surface area contributed by atoms with Crippen molar-refractivity contribution in [2.45, 2.75) is 19.5 Å². The van der Waals surface area contributed by atoms with Crippen LogP contribution in [0.1, 0.15) is 17.0 Å². The average Bonchev–Trinajstić information content (AvgIpc) is 2.99. The van der Waals surface area contributed by atoms with E-state index in [9.17, 15) is 0 Å². The third-order valence-electron chi connectivity index (χ3n) is 3.34. The summed E-state index contributed by atoms with van der Waals surface area (Å²) < 4.78 is 1.93. The number of nitrogens with one attached hydrogen (secondary N) is 2. The fourth-order valence-electron chi connectivity index (χ4n) is 2.33. The van der Waals surface area contributed by atoms with E-state index in [1.165, 1.54) is 16.8 Å². The fraction of sp³-hybridized carbons (Fsp3) is 0.385. The molecule has 5 nitrogen and oxygen atoms in total. The SMILES string of the molecule is Cn1cnnc1CNCc1cccc2c1NCC2. The molecule has 0 atom stereocenters. The predicted octanol–water partition coefficient (Wildman–Crippen LogP) is 1.07. The summed E-state index contributed by atoms with van der Waals surface area (Å²) in [6.45, 7) is 2.64. The molecule has 2 N–H and O–H groups in total. The fourth-order valence-corrected chi connectivity index (χ4v) is 2.33. The van der Waals surface area contributed by atoms with Gasteiger partial charge >= 0.3 is 0 Å². The molecule has 0 unspecified atom stereocenters. The maximum absolute atomic E-state index is 4.05. The molecule has 2 aromatic rings. The predicted molar refractivity (Wildman–Crippen MR) is 70.2 cm³/mol. The van der Waals surface area contributed by atoms with Crippen LogP contribution in [0.5, 0.6) is 0 Å². The van der Waals surface area contributed by atoms with Crippen LogP contribution in [0.15, 0.2) is 24.5 Å². The van der Waals surface area contributed by atoms with Crippen LogP contribution in [0.25, 0.3) is 0 Å². The number of fused-ring (bicyclic) bond motifs is 1. The second-order valence-corrected chi connectivity index (χ2v) is 4.59. The molecule has 0 spiro atoms. The molecule has 0 amide bonds. The first-order valence-corrected chi connectivity index (χ1v) is 6.23. The number of hydrogen-bond donors (Lipinski definition) is 2. The molecule has 0 bridgehead atoms. The van der Waals surface area contributed by atoms with Crippen molar-refractivity contribution in [2.75, 3.05) is 11.9 Å². The molecule has 0 saturated heterocycles. The largest absolute Gasteiger partial charge is 0.384 e. The van der Waals surface area contributed by atoms with Crippen molar-refractivity contribution in [3.8, 4) is 0 Å². The minimum Gasteiger partial charge on any atom is -0.384 e. The third kappa shape index (κ3) is 2.09. The van der Waals surface area contributed by atoms with Gasteiger partial charge < -0.3 is 15.2 Å². The molecule has 0 fully saturated rings.